The molecule has 12 heavy (non-hydrogen) atoms. The van der Waals surface area contributed by atoms with E-state index in [9.17, 15) is 4.79 Å². The molecule has 0 aliphatic rings. The predicted molar refractivity (Wildman–Crippen MR) is 53.2 cm³/mol. The highest BCUT2D eigenvalue weighted by atomic mass is 79.9. The largest absolute Gasteiger partial charge is 0.465 e. The molecule has 0 unspecified atom stereocenters. The van der Waals surface area contributed by atoms with Gasteiger partial charge in [-0.2, -0.15) is 0 Å². The van der Waals surface area contributed by atoms with Crippen LogP contribution in [0.3, 0.4) is 0 Å². The molecule has 0 radical (unpaired) electrons. The Morgan fingerprint density at radius 1 is 1.25 bits per heavy atom. The summed E-state index contributed by atoms with van der Waals surface area (Å²) < 4.78 is 6.26. The Hall–Kier alpha value is -0.350. The Morgan fingerprint density at radius 2 is 1.75 bits per heavy atom. The van der Waals surface area contributed by atoms with Crippen molar-refractivity contribution in [2.75, 3.05) is 7.11 Å². The van der Waals surface area contributed by atoms with Gasteiger partial charge >= 0.3 is 5.97 Å². The minimum Gasteiger partial charge on any atom is -0.465 e. The van der Waals surface area contributed by atoms with Crippen molar-refractivity contribution in [1.82, 2.24) is 0 Å². The lowest BCUT2D eigenvalue weighted by molar-refractivity contribution is 0.0600. The number of hydrogen-bond donors (Lipinski definition) is 0. The summed E-state index contributed by atoms with van der Waals surface area (Å²) in [6.07, 6.45) is 0. The van der Waals surface area contributed by atoms with E-state index in [1.54, 1.807) is 12.1 Å². The van der Waals surface area contributed by atoms with Crippen molar-refractivity contribution in [1.29, 1.82) is 0 Å². The monoisotopic (exact) mass is 292 g/mol. The molecule has 2 nitrogen and oxygen atoms in total. The Morgan fingerprint density at radius 3 is 2.17 bits per heavy atom. The highest BCUT2D eigenvalue weighted by Crippen LogP contribution is 2.20. The molecular formula is C8H6Br2O2. The molecule has 0 bridgehead atoms. The lowest BCUT2D eigenvalue weighted by Crippen LogP contribution is -2.00. The fourth-order valence-electron chi connectivity index (χ4n) is 0.790. The number of methoxy groups -OCH3 is 1. The Labute approximate surface area is 87.2 Å². The van der Waals surface area contributed by atoms with Crippen LogP contribution in [0.15, 0.2) is 27.1 Å². The molecule has 0 saturated carbocycles. The smallest absolute Gasteiger partial charge is 0.337 e. The molecular weight excluding hydrogens is 288 g/mol. The number of carbonyl (C=O) groups is 1. The van der Waals surface area contributed by atoms with Gasteiger partial charge in [-0.15, -0.1) is 0 Å². The van der Waals surface area contributed by atoms with Crippen LogP contribution < -0.4 is 0 Å². The topological polar surface area (TPSA) is 26.3 Å². The van der Waals surface area contributed by atoms with E-state index in [4.69, 9.17) is 0 Å². The summed E-state index contributed by atoms with van der Waals surface area (Å²) in [4.78, 5) is 11.1. The third-order valence-corrected chi connectivity index (χ3v) is 2.20. The van der Waals surface area contributed by atoms with Crippen LogP contribution in [0.4, 0.5) is 0 Å². The van der Waals surface area contributed by atoms with Gasteiger partial charge in [0.05, 0.1) is 12.7 Å². The molecule has 0 aromatic heterocycles. The number of ether oxygens (including phenoxy) is 1. The Balaban J connectivity index is 3.08. The van der Waals surface area contributed by atoms with E-state index >= 15 is 0 Å². The van der Waals surface area contributed by atoms with Crippen LogP contribution in [0.25, 0.3) is 0 Å². The van der Waals surface area contributed by atoms with Crippen molar-refractivity contribution in [2.45, 2.75) is 0 Å². The summed E-state index contributed by atoms with van der Waals surface area (Å²) in [6, 6.07) is 5.26. The van der Waals surface area contributed by atoms with E-state index in [1.807, 2.05) is 6.07 Å². The van der Waals surface area contributed by atoms with Crippen LogP contribution in [0.1, 0.15) is 10.4 Å². The molecule has 4 heteroatoms. The van der Waals surface area contributed by atoms with Gasteiger partial charge in [-0.05, 0) is 18.2 Å². The van der Waals surface area contributed by atoms with Gasteiger partial charge in [0, 0.05) is 8.95 Å². The molecule has 1 rings (SSSR count). The van der Waals surface area contributed by atoms with E-state index in [0.29, 0.717) is 5.56 Å². The van der Waals surface area contributed by atoms with Crippen LogP contribution in [0.2, 0.25) is 0 Å². The molecule has 0 fully saturated rings. The zero-order valence-electron chi connectivity index (χ0n) is 6.30. The second kappa shape index (κ2) is 4.05. The summed E-state index contributed by atoms with van der Waals surface area (Å²) in [5.74, 6) is -0.336. The molecule has 0 heterocycles. The van der Waals surface area contributed by atoms with Crippen LogP contribution in [-0.4, -0.2) is 13.1 Å². The first-order valence-electron chi connectivity index (χ1n) is 3.18. The molecule has 0 spiro atoms. The summed E-state index contributed by atoms with van der Waals surface area (Å²) in [6.45, 7) is 0. The fourth-order valence-corrected chi connectivity index (χ4v) is 2.08. The van der Waals surface area contributed by atoms with Crippen LogP contribution in [0.5, 0.6) is 0 Å². The summed E-state index contributed by atoms with van der Waals surface area (Å²) >= 11 is 6.55. The normalized spacial score (nSPS) is 9.58. The van der Waals surface area contributed by atoms with E-state index in [0.717, 1.165) is 8.95 Å². The van der Waals surface area contributed by atoms with Crippen LogP contribution in [-0.2, 0) is 4.74 Å². The number of carbonyl (C=O) groups excluding carboxylic acids is 1. The van der Waals surface area contributed by atoms with E-state index in [2.05, 4.69) is 36.6 Å². The highest BCUT2D eigenvalue weighted by molar-refractivity contribution is 9.11. The van der Waals surface area contributed by atoms with Gasteiger partial charge in [0.25, 0.3) is 0 Å². The lowest BCUT2D eigenvalue weighted by atomic mass is 10.2. The maximum atomic E-state index is 11.1. The second-order valence-corrected chi connectivity index (χ2v) is 3.98. The molecule has 0 N–H and O–H groups in total. The first-order valence-corrected chi connectivity index (χ1v) is 4.76. The van der Waals surface area contributed by atoms with Gasteiger partial charge < -0.3 is 4.74 Å². The SMILES string of the molecule is COC(=O)c1cc(Br)cc(Br)c1. The number of benzene rings is 1. The molecule has 0 atom stereocenters. The quantitative estimate of drug-likeness (QED) is 0.744. The maximum absolute atomic E-state index is 11.1. The van der Waals surface area contributed by atoms with E-state index in [-0.39, 0.29) is 5.97 Å². The maximum Gasteiger partial charge on any atom is 0.337 e. The summed E-state index contributed by atoms with van der Waals surface area (Å²) in [5.41, 5.74) is 0.527. The fraction of sp³-hybridized carbons (Fsp3) is 0.125. The van der Waals surface area contributed by atoms with Gasteiger partial charge in [-0.1, -0.05) is 31.9 Å². The molecule has 1 aromatic rings. The average molecular weight is 294 g/mol. The van der Waals surface area contributed by atoms with E-state index < -0.39 is 0 Å². The van der Waals surface area contributed by atoms with Crippen molar-refractivity contribution >= 4 is 37.8 Å². The molecule has 0 aliphatic carbocycles. The first-order chi connectivity index (χ1) is 5.63. The van der Waals surface area contributed by atoms with Crippen molar-refractivity contribution in [3.05, 3.63) is 32.7 Å². The van der Waals surface area contributed by atoms with Gasteiger partial charge in [0.2, 0.25) is 0 Å². The zero-order chi connectivity index (χ0) is 9.14. The third-order valence-electron chi connectivity index (χ3n) is 1.28. The number of halogens is 2. The second-order valence-electron chi connectivity index (χ2n) is 2.15. The zero-order valence-corrected chi connectivity index (χ0v) is 9.48. The molecule has 0 saturated heterocycles. The molecule has 0 amide bonds. The minimum atomic E-state index is -0.336. The van der Waals surface area contributed by atoms with Crippen molar-refractivity contribution in [3.8, 4) is 0 Å². The Kier molecular flexibility index (Phi) is 3.29. The average Bonchev–Trinajstić information content (AvgIpc) is 2.01. The Bertz CT molecular complexity index is 290. The summed E-state index contributed by atoms with van der Waals surface area (Å²) in [7, 11) is 1.36. The lowest BCUT2D eigenvalue weighted by Gasteiger charge is -2.00. The number of rotatable bonds is 1. The first kappa shape index (κ1) is 9.74. The predicted octanol–water partition coefficient (Wildman–Crippen LogP) is 3.00. The van der Waals surface area contributed by atoms with Gasteiger partial charge in [-0.25, -0.2) is 4.79 Å². The minimum absolute atomic E-state index is 0.336. The summed E-state index contributed by atoms with van der Waals surface area (Å²) in [5, 5.41) is 0. The molecule has 0 aliphatic heterocycles. The third kappa shape index (κ3) is 2.32. The van der Waals surface area contributed by atoms with Gasteiger partial charge in [0.1, 0.15) is 0 Å². The van der Waals surface area contributed by atoms with Crippen LogP contribution in [0, 0.1) is 0 Å². The number of hydrogen-bond acceptors (Lipinski definition) is 2. The highest BCUT2D eigenvalue weighted by Gasteiger charge is 2.06. The van der Waals surface area contributed by atoms with Gasteiger partial charge in [-0.3, -0.25) is 0 Å². The van der Waals surface area contributed by atoms with Crippen LogP contribution >= 0.6 is 31.9 Å². The van der Waals surface area contributed by atoms with Crippen molar-refractivity contribution < 1.29 is 9.53 Å². The molecule has 1 aromatic carbocycles. The molecule has 64 valence electrons. The van der Waals surface area contributed by atoms with Crippen molar-refractivity contribution in [2.24, 2.45) is 0 Å². The van der Waals surface area contributed by atoms with Crippen molar-refractivity contribution in [3.63, 3.8) is 0 Å². The van der Waals surface area contributed by atoms with Gasteiger partial charge in [0.15, 0.2) is 0 Å². The van der Waals surface area contributed by atoms with E-state index in [1.165, 1.54) is 7.11 Å². The standard InChI is InChI=1S/C8H6Br2O2/c1-12-8(11)5-2-6(9)4-7(10)3-5/h2-4H,1H3. The number of esters is 1.